The zero-order valence-corrected chi connectivity index (χ0v) is 18.7. The lowest BCUT2D eigenvalue weighted by Gasteiger charge is -2.63. The smallest absolute Gasteiger partial charge is 0.222 e. The van der Waals surface area contributed by atoms with Crippen LogP contribution in [0.1, 0.15) is 71.3 Å². The van der Waals surface area contributed by atoms with Gasteiger partial charge < -0.3 is 4.90 Å². The Hall–Kier alpha value is -1.38. The van der Waals surface area contributed by atoms with Crippen molar-refractivity contribution in [1.29, 1.82) is 0 Å². The number of carbonyl (C=O) groups excluding carboxylic acids is 1. The topological polar surface area (TPSA) is 33.2 Å². The van der Waals surface area contributed by atoms with Gasteiger partial charge in [-0.25, -0.2) is 0 Å². The van der Waals surface area contributed by atoms with Gasteiger partial charge in [-0.1, -0.05) is 26.8 Å². The molecule has 0 radical (unpaired) electrons. The van der Waals surface area contributed by atoms with Crippen molar-refractivity contribution in [3.05, 3.63) is 30.1 Å². The molecule has 0 spiro atoms. The SMILES string of the molecule is CC1CC2N(C)C(=O)CC[C@]2(C)[C@@H]2CC[C@]3(C)CC(Cc4cccnc4)C[C@H]3[C@H]12. The predicted octanol–water partition coefficient (Wildman–Crippen LogP) is 5.35. The zero-order valence-electron chi connectivity index (χ0n) is 18.7. The number of amides is 1. The van der Waals surface area contributed by atoms with E-state index in [-0.39, 0.29) is 0 Å². The van der Waals surface area contributed by atoms with Gasteiger partial charge in [0.05, 0.1) is 0 Å². The van der Waals surface area contributed by atoms with E-state index in [1.165, 1.54) is 44.1 Å². The van der Waals surface area contributed by atoms with Crippen LogP contribution in [0.3, 0.4) is 0 Å². The molecule has 29 heavy (non-hydrogen) atoms. The predicted molar refractivity (Wildman–Crippen MR) is 116 cm³/mol. The third-order valence-electron chi connectivity index (χ3n) is 10.0. The number of fused-ring (bicyclic) bond motifs is 5. The molecule has 158 valence electrons. The van der Waals surface area contributed by atoms with Gasteiger partial charge in [0.25, 0.3) is 0 Å². The molecule has 3 unspecified atom stereocenters. The molecule has 1 saturated heterocycles. The first-order chi connectivity index (χ1) is 13.8. The minimum absolute atomic E-state index is 0.322. The monoisotopic (exact) mass is 394 g/mol. The number of nitrogens with zero attached hydrogens (tertiary/aromatic N) is 2. The highest BCUT2D eigenvalue weighted by Crippen LogP contribution is 2.66. The Morgan fingerprint density at radius 2 is 2.03 bits per heavy atom. The average molecular weight is 395 g/mol. The van der Waals surface area contributed by atoms with Crippen molar-refractivity contribution in [2.24, 2.45) is 40.4 Å². The van der Waals surface area contributed by atoms with E-state index < -0.39 is 0 Å². The lowest BCUT2D eigenvalue weighted by atomic mass is 9.45. The largest absolute Gasteiger partial charge is 0.342 e. The fourth-order valence-electron chi connectivity index (χ4n) is 8.68. The van der Waals surface area contributed by atoms with Crippen molar-refractivity contribution < 1.29 is 4.79 Å². The number of aromatic nitrogens is 1. The fourth-order valence-corrected chi connectivity index (χ4v) is 8.68. The number of carbonyl (C=O) groups is 1. The van der Waals surface area contributed by atoms with Crippen LogP contribution in [-0.2, 0) is 11.2 Å². The van der Waals surface area contributed by atoms with Gasteiger partial charge in [-0.05, 0) is 97.0 Å². The number of piperidine rings is 1. The fraction of sp³-hybridized carbons (Fsp3) is 0.769. The molecule has 0 aromatic carbocycles. The van der Waals surface area contributed by atoms with Crippen LogP contribution in [0.25, 0.3) is 0 Å². The number of hydrogen-bond donors (Lipinski definition) is 0. The molecule has 1 aromatic rings. The highest BCUT2D eigenvalue weighted by atomic mass is 16.2. The van der Waals surface area contributed by atoms with Crippen LogP contribution in [0.5, 0.6) is 0 Å². The lowest BCUT2D eigenvalue weighted by Crippen LogP contribution is -2.62. The zero-order chi connectivity index (χ0) is 20.4. The number of likely N-dealkylation sites (tertiary alicyclic amines) is 1. The van der Waals surface area contributed by atoms with Gasteiger partial charge in [0.15, 0.2) is 0 Å². The summed E-state index contributed by atoms with van der Waals surface area (Å²) >= 11 is 0. The maximum Gasteiger partial charge on any atom is 0.222 e. The summed E-state index contributed by atoms with van der Waals surface area (Å²) in [5.41, 5.74) is 2.25. The first-order valence-corrected chi connectivity index (χ1v) is 12.0. The second kappa shape index (κ2) is 6.82. The molecule has 1 aliphatic heterocycles. The van der Waals surface area contributed by atoms with Gasteiger partial charge >= 0.3 is 0 Å². The summed E-state index contributed by atoms with van der Waals surface area (Å²) in [6, 6.07) is 4.79. The third-order valence-corrected chi connectivity index (χ3v) is 10.0. The molecule has 8 atom stereocenters. The van der Waals surface area contributed by atoms with Crippen molar-refractivity contribution in [3.8, 4) is 0 Å². The van der Waals surface area contributed by atoms with E-state index in [2.05, 4.69) is 56.0 Å². The van der Waals surface area contributed by atoms with Crippen LogP contribution in [0.15, 0.2) is 24.5 Å². The van der Waals surface area contributed by atoms with E-state index in [1.54, 1.807) is 0 Å². The Kier molecular flexibility index (Phi) is 4.60. The van der Waals surface area contributed by atoms with Gasteiger partial charge in [-0.15, -0.1) is 0 Å². The van der Waals surface area contributed by atoms with Crippen LogP contribution >= 0.6 is 0 Å². The second-order valence-electron chi connectivity index (χ2n) is 11.6. The summed E-state index contributed by atoms with van der Waals surface area (Å²) in [5.74, 6) is 4.40. The summed E-state index contributed by atoms with van der Waals surface area (Å²) in [7, 11) is 2.07. The molecule has 1 amide bonds. The van der Waals surface area contributed by atoms with Gasteiger partial charge in [0, 0.05) is 31.9 Å². The molecule has 3 aliphatic carbocycles. The van der Waals surface area contributed by atoms with Crippen LogP contribution in [0.2, 0.25) is 0 Å². The van der Waals surface area contributed by atoms with E-state index in [0.717, 1.165) is 42.4 Å². The molecule has 3 saturated carbocycles. The Morgan fingerprint density at radius 3 is 2.79 bits per heavy atom. The number of pyridine rings is 1. The lowest BCUT2D eigenvalue weighted by molar-refractivity contribution is -0.164. The standard InChI is InChI=1S/C26H38N2O/c1-17-12-22-26(3,10-8-23(29)28(22)4)20-7-9-25(2)15-19(14-21(25)24(17)20)13-18-6-5-11-27-16-18/h5-6,11,16-17,19-22,24H,7-10,12-15H2,1-4H3/t17?,19?,20-,21+,22?,24-,25-,26-/m1/s1. The molecule has 5 rings (SSSR count). The molecule has 4 fully saturated rings. The van der Waals surface area contributed by atoms with Crippen LogP contribution in [0, 0.1) is 40.4 Å². The van der Waals surface area contributed by atoms with E-state index in [0.29, 0.717) is 22.8 Å². The summed E-state index contributed by atoms with van der Waals surface area (Å²) in [6.45, 7) is 7.65. The van der Waals surface area contributed by atoms with Gasteiger partial charge in [-0.3, -0.25) is 9.78 Å². The summed E-state index contributed by atoms with van der Waals surface area (Å²) in [4.78, 5) is 18.9. The Labute approximate surface area is 176 Å². The molecule has 4 aliphatic rings. The van der Waals surface area contributed by atoms with Crippen LogP contribution < -0.4 is 0 Å². The van der Waals surface area contributed by atoms with Crippen LogP contribution in [-0.4, -0.2) is 28.9 Å². The molecule has 0 bridgehead atoms. The maximum absolute atomic E-state index is 12.4. The minimum atomic E-state index is 0.322. The minimum Gasteiger partial charge on any atom is -0.342 e. The summed E-state index contributed by atoms with van der Waals surface area (Å²) in [5, 5.41) is 0. The highest BCUT2D eigenvalue weighted by molar-refractivity contribution is 5.77. The van der Waals surface area contributed by atoms with E-state index >= 15 is 0 Å². The van der Waals surface area contributed by atoms with Crippen molar-refractivity contribution in [2.45, 2.75) is 78.2 Å². The molecule has 3 heteroatoms. The molecule has 1 aromatic heterocycles. The van der Waals surface area contributed by atoms with Gasteiger partial charge in [0.2, 0.25) is 5.91 Å². The third kappa shape index (κ3) is 2.98. The summed E-state index contributed by atoms with van der Waals surface area (Å²) < 4.78 is 0. The molecular formula is C26H38N2O. The Bertz CT molecular complexity index is 778. The Morgan fingerprint density at radius 1 is 1.21 bits per heavy atom. The van der Waals surface area contributed by atoms with Gasteiger partial charge in [0.1, 0.15) is 0 Å². The quantitative estimate of drug-likeness (QED) is 0.677. The van der Waals surface area contributed by atoms with Crippen molar-refractivity contribution in [2.75, 3.05) is 7.05 Å². The highest BCUT2D eigenvalue weighted by Gasteiger charge is 2.61. The molecular weight excluding hydrogens is 356 g/mol. The van der Waals surface area contributed by atoms with Crippen molar-refractivity contribution in [1.82, 2.24) is 9.88 Å². The van der Waals surface area contributed by atoms with E-state index in [1.807, 2.05) is 6.20 Å². The van der Waals surface area contributed by atoms with E-state index in [9.17, 15) is 4.79 Å². The molecule has 0 N–H and O–H groups in total. The molecule has 2 heterocycles. The number of hydrogen-bond acceptors (Lipinski definition) is 2. The van der Waals surface area contributed by atoms with E-state index in [4.69, 9.17) is 0 Å². The van der Waals surface area contributed by atoms with Gasteiger partial charge in [-0.2, -0.15) is 0 Å². The first kappa shape index (κ1) is 19.6. The average Bonchev–Trinajstić information content (AvgIpc) is 3.03. The normalized spacial score (nSPS) is 46.8. The van der Waals surface area contributed by atoms with Crippen molar-refractivity contribution >= 4 is 5.91 Å². The first-order valence-electron chi connectivity index (χ1n) is 12.0. The number of rotatable bonds is 2. The maximum atomic E-state index is 12.4. The molecule has 3 nitrogen and oxygen atoms in total. The Balaban J connectivity index is 1.41. The second-order valence-corrected chi connectivity index (χ2v) is 11.6. The van der Waals surface area contributed by atoms with Crippen molar-refractivity contribution in [3.63, 3.8) is 0 Å². The summed E-state index contributed by atoms with van der Waals surface area (Å²) in [6.07, 6.45) is 13.8. The van der Waals surface area contributed by atoms with Crippen LogP contribution in [0.4, 0.5) is 0 Å².